The fourth-order valence-electron chi connectivity index (χ4n) is 3.18. The molecule has 2 N–H and O–H groups in total. The van der Waals surface area contributed by atoms with Gasteiger partial charge in [0, 0.05) is 27.8 Å². The summed E-state index contributed by atoms with van der Waals surface area (Å²) in [7, 11) is 0. The van der Waals surface area contributed by atoms with Crippen LogP contribution < -0.4 is 10.6 Å². The van der Waals surface area contributed by atoms with E-state index in [-0.39, 0.29) is 11.8 Å². The zero-order valence-corrected chi connectivity index (χ0v) is 17.8. The summed E-state index contributed by atoms with van der Waals surface area (Å²) in [6, 6.07) is 16.4. The number of para-hydroxylation sites is 1. The quantitative estimate of drug-likeness (QED) is 0.555. The van der Waals surface area contributed by atoms with Gasteiger partial charge in [-0.25, -0.2) is 0 Å². The summed E-state index contributed by atoms with van der Waals surface area (Å²) in [5, 5.41) is 6.03. The largest absolute Gasteiger partial charge is 0.349 e. The predicted molar refractivity (Wildman–Crippen MR) is 118 cm³/mol. The third-order valence-electron chi connectivity index (χ3n) is 5.07. The minimum Gasteiger partial charge on any atom is -0.349 e. The molecule has 6 heteroatoms. The number of benzene rings is 2. The minimum absolute atomic E-state index is 0.00457. The van der Waals surface area contributed by atoms with E-state index in [4.69, 9.17) is 0 Å². The van der Waals surface area contributed by atoms with Crippen molar-refractivity contribution >= 4 is 40.1 Å². The summed E-state index contributed by atoms with van der Waals surface area (Å²) in [5.41, 5.74) is 2.68. The van der Waals surface area contributed by atoms with Crippen molar-refractivity contribution in [2.45, 2.75) is 44.3 Å². The van der Waals surface area contributed by atoms with Gasteiger partial charge in [0.15, 0.2) is 0 Å². The van der Waals surface area contributed by atoms with Crippen LogP contribution in [0.2, 0.25) is 0 Å². The van der Waals surface area contributed by atoms with E-state index >= 15 is 0 Å². The number of rotatable bonds is 8. The Morgan fingerprint density at radius 2 is 1.71 bits per heavy atom. The first kappa shape index (κ1) is 19.4. The third-order valence-corrected chi connectivity index (χ3v) is 6.01. The van der Waals surface area contributed by atoms with Crippen LogP contribution in [0.4, 0.5) is 5.69 Å². The lowest BCUT2D eigenvalue weighted by Crippen LogP contribution is -2.34. The van der Waals surface area contributed by atoms with Gasteiger partial charge in [0.2, 0.25) is 5.91 Å². The van der Waals surface area contributed by atoms with Crippen LogP contribution in [0, 0.1) is 3.57 Å². The lowest BCUT2D eigenvalue weighted by molar-refractivity contribution is -0.117. The van der Waals surface area contributed by atoms with Gasteiger partial charge in [-0.2, -0.15) is 0 Å². The molecule has 2 fully saturated rings. The average molecular weight is 489 g/mol. The maximum Gasteiger partial charge on any atom is 0.251 e. The molecule has 0 aromatic heterocycles. The van der Waals surface area contributed by atoms with Gasteiger partial charge in [0.25, 0.3) is 5.91 Å². The van der Waals surface area contributed by atoms with E-state index < -0.39 is 0 Å². The van der Waals surface area contributed by atoms with Gasteiger partial charge in [-0.1, -0.05) is 24.3 Å². The molecular weight excluding hydrogens is 465 g/mol. The zero-order valence-electron chi connectivity index (χ0n) is 15.7. The van der Waals surface area contributed by atoms with E-state index in [2.05, 4.69) is 38.1 Å². The highest BCUT2D eigenvalue weighted by Gasteiger charge is 2.30. The first-order valence-corrected chi connectivity index (χ1v) is 10.8. The fourth-order valence-corrected chi connectivity index (χ4v) is 3.71. The van der Waals surface area contributed by atoms with E-state index in [0.29, 0.717) is 30.7 Å². The molecule has 0 unspecified atom stereocenters. The van der Waals surface area contributed by atoms with Crippen LogP contribution >= 0.6 is 22.6 Å². The Morgan fingerprint density at radius 3 is 2.36 bits per heavy atom. The summed E-state index contributed by atoms with van der Waals surface area (Å²) in [5.74, 6) is 0.0152. The topological polar surface area (TPSA) is 61.4 Å². The lowest BCUT2D eigenvalue weighted by Gasteiger charge is -2.22. The second-order valence-electron chi connectivity index (χ2n) is 7.61. The number of anilines is 1. The van der Waals surface area contributed by atoms with Crippen molar-refractivity contribution in [3.63, 3.8) is 0 Å². The van der Waals surface area contributed by atoms with Gasteiger partial charge in [0.1, 0.15) is 0 Å². The molecule has 2 saturated carbocycles. The van der Waals surface area contributed by atoms with E-state index in [1.54, 1.807) is 0 Å². The second-order valence-corrected chi connectivity index (χ2v) is 8.77. The van der Waals surface area contributed by atoms with Gasteiger partial charge < -0.3 is 10.6 Å². The van der Waals surface area contributed by atoms with Crippen LogP contribution in [0.25, 0.3) is 0 Å². The van der Waals surface area contributed by atoms with Crippen molar-refractivity contribution < 1.29 is 9.59 Å². The molecule has 5 nitrogen and oxygen atoms in total. The summed E-state index contributed by atoms with van der Waals surface area (Å²) >= 11 is 2.23. The number of hydrogen-bond acceptors (Lipinski definition) is 3. The van der Waals surface area contributed by atoms with Crippen molar-refractivity contribution in [2.24, 2.45) is 0 Å². The summed E-state index contributed by atoms with van der Waals surface area (Å²) in [6.07, 6.45) is 4.45. The van der Waals surface area contributed by atoms with Crippen LogP contribution in [0.1, 0.15) is 41.6 Å². The SMILES string of the molecule is O=C(CN(Cc1ccc(C(=O)NC2CC2)cc1)C1CC1)Nc1ccccc1I. The monoisotopic (exact) mass is 489 g/mol. The third kappa shape index (κ3) is 5.32. The van der Waals surface area contributed by atoms with Crippen molar-refractivity contribution in [3.05, 3.63) is 63.2 Å². The molecule has 2 aliphatic carbocycles. The minimum atomic E-state index is 0.00457. The van der Waals surface area contributed by atoms with Crippen LogP contribution in [0.15, 0.2) is 48.5 Å². The fraction of sp³-hybridized carbons (Fsp3) is 0.364. The number of nitrogens with one attached hydrogen (secondary N) is 2. The predicted octanol–water partition coefficient (Wildman–Crippen LogP) is 3.79. The molecule has 0 heterocycles. The molecule has 0 bridgehead atoms. The van der Waals surface area contributed by atoms with Gasteiger partial charge in [-0.05, 0) is 78.1 Å². The van der Waals surface area contributed by atoms with Gasteiger partial charge in [-0.15, -0.1) is 0 Å². The Balaban J connectivity index is 1.35. The molecule has 28 heavy (non-hydrogen) atoms. The Kier molecular flexibility index (Phi) is 5.96. The Bertz CT molecular complexity index is 860. The van der Waals surface area contributed by atoms with Crippen molar-refractivity contribution in [3.8, 4) is 0 Å². The summed E-state index contributed by atoms with van der Waals surface area (Å²) in [4.78, 5) is 26.9. The molecule has 146 valence electrons. The molecule has 0 radical (unpaired) electrons. The number of carbonyl (C=O) groups excluding carboxylic acids is 2. The molecule has 4 rings (SSSR count). The smallest absolute Gasteiger partial charge is 0.251 e. The summed E-state index contributed by atoms with van der Waals surface area (Å²) in [6.45, 7) is 1.09. The standard InChI is InChI=1S/C22H24IN3O2/c23-19-3-1-2-4-20(19)25-21(27)14-26(18-11-12-18)13-15-5-7-16(8-6-15)22(28)24-17-9-10-17/h1-8,17-18H,9-14H2,(H,24,28)(H,25,27). The average Bonchev–Trinajstić information content (AvgIpc) is 3.58. The second kappa shape index (κ2) is 8.61. The lowest BCUT2D eigenvalue weighted by atomic mass is 10.1. The molecule has 2 aliphatic rings. The highest BCUT2D eigenvalue weighted by atomic mass is 127. The van der Waals surface area contributed by atoms with Crippen molar-refractivity contribution in [1.82, 2.24) is 10.2 Å². The normalized spacial score (nSPS) is 16.1. The van der Waals surface area contributed by atoms with Crippen LogP contribution in [0.5, 0.6) is 0 Å². The maximum atomic E-state index is 12.5. The van der Waals surface area contributed by atoms with Gasteiger partial charge in [-0.3, -0.25) is 14.5 Å². The molecule has 0 atom stereocenters. The first-order chi connectivity index (χ1) is 13.6. The maximum absolute atomic E-state index is 12.5. The number of halogens is 1. The highest BCUT2D eigenvalue weighted by Crippen LogP contribution is 2.28. The van der Waals surface area contributed by atoms with Crippen molar-refractivity contribution in [1.29, 1.82) is 0 Å². The van der Waals surface area contributed by atoms with Gasteiger partial charge >= 0.3 is 0 Å². The van der Waals surface area contributed by atoms with Crippen LogP contribution in [0.3, 0.4) is 0 Å². The zero-order chi connectivity index (χ0) is 19.5. The summed E-state index contributed by atoms with van der Waals surface area (Å²) < 4.78 is 1.03. The Labute approximate surface area is 179 Å². The molecule has 0 aliphatic heterocycles. The Hall–Kier alpha value is -1.93. The van der Waals surface area contributed by atoms with Crippen molar-refractivity contribution in [2.75, 3.05) is 11.9 Å². The first-order valence-electron chi connectivity index (χ1n) is 9.77. The van der Waals surface area contributed by atoms with Gasteiger partial charge in [0.05, 0.1) is 12.2 Å². The van der Waals surface area contributed by atoms with Crippen LogP contribution in [-0.2, 0) is 11.3 Å². The van der Waals surface area contributed by atoms with E-state index in [0.717, 1.165) is 40.5 Å². The van der Waals surface area contributed by atoms with E-state index in [1.807, 2.05) is 48.5 Å². The Morgan fingerprint density at radius 1 is 1.00 bits per heavy atom. The molecule has 0 spiro atoms. The molecule has 0 saturated heterocycles. The number of carbonyl (C=O) groups is 2. The number of hydrogen-bond donors (Lipinski definition) is 2. The number of amides is 2. The molecule has 2 aromatic carbocycles. The number of nitrogens with zero attached hydrogens (tertiary/aromatic N) is 1. The highest BCUT2D eigenvalue weighted by molar-refractivity contribution is 14.1. The molecule has 2 aromatic rings. The molecular formula is C22H24IN3O2. The van der Waals surface area contributed by atoms with Crippen LogP contribution in [-0.4, -0.2) is 35.3 Å². The van der Waals surface area contributed by atoms with E-state index in [9.17, 15) is 9.59 Å². The molecule has 2 amide bonds. The van der Waals surface area contributed by atoms with E-state index in [1.165, 1.54) is 0 Å².